The van der Waals surface area contributed by atoms with Crippen molar-refractivity contribution in [3.05, 3.63) is 29.8 Å². The van der Waals surface area contributed by atoms with Gasteiger partial charge in [-0.1, -0.05) is 31.9 Å². The van der Waals surface area contributed by atoms with E-state index in [1.165, 1.54) is 4.90 Å². The molecule has 0 aromatic heterocycles. The number of unbranched alkanes of at least 4 members (excludes halogenated alkanes) is 1. The van der Waals surface area contributed by atoms with E-state index in [0.29, 0.717) is 0 Å². The van der Waals surface area contributed by atoms with Crippen LogP contribution >= 0.6 is 11.8 Å². The summed E-state index contributed by atoms with van der Waals surface area (Å²) in [5.41, 5.74) is 0.834. The van der Waals surface area contributed by atoms with E-state index in [4.69, 9.17) is 4.74 Å². The Kier molecular flexibility index (Phi) is 6.74. The first-order chi connectivity index (χ1) is 10.3. The lowest BCUT2D eigenvalue weighted by atomic mass is 9.97. The molecule has 0 aliphatic carbocycles. The lowest BCUT2D eigenvalue weighted by molar-refractivity contribution is 0.0157. The quantitative estimate of drug-likeness (QED) is 0.570. The van der Waals surface area contributed by atoms with E-state index in [0.717, 1.165) is 51.1 Å². The number of thioether (sulfide) groups is 1. The Labute approximate surface area is 132 Å². The first-order valence-corrected chi connectivity index (χ1v) is 8.98. The standard InChI is InChI=1S/C17H25NO2S/c1-3-4-5-16(18-10-12-20-13-11-18)17(19)14-6-8-15(21-2)9-7-14/h6-9,16H,3-5,10-13H2,1-2H3. The van der Waals surface area contributed by atoms with Crippen molar-refractivity contribution in [1.82, 2.24) is 4.90 Å². The van der Waals surface area contributed by atoms with Crippen molar-refractivity contribution in [1.29, 1.82) is 0 Å². The molecule has 1 fully saturated rings. The van der Waals surface area contributed by atoms with Crippen molar-refractivity contribution in [2.75, 3.05) is 32.6 Å². The highest BCUT2D eigenvalue weighted by Crippen LogP contribution is 2.20. The van der Waals surface area contributed by atoms with E-state index in [1.807, 2.05) is 24.3 Å². The molecule has 21 heavy (non-hydrogen) atoms. The first-order valence-electron chi connectivity index (χ1n) is 7.76. The van der Waals surface area contributed by atoms with Crippen LogP contribution in [0.15, 0.2) is 29.2 Å². The Morgan fingerprint density at radius 3 is 2.52 bits per heavy atom. The number of Topliss-reactive ketones (excluding diaryl/α,β-unsaturated/α-hetero) is 1. The number of morpholine rings is 1. The van der Waals surface area contributed by atoms with Crippen LogP contribution in [0.4, 0.5) is 0 Å². The summed E-state index contributed by atoms with van der Waals surface area (Å²) in [6, 6.07) is 8.01. The molecule has 1 heterocycles. The molecule has 0 N–H and O–H groups in total. The van der Waals surface area contributed by atoms with Gasteiger partial charge in [0.2, 0.25) is 0 Å². The van der Waals surface area contributed by atoms with Gasteiger partial charge in [-0.15, -0.1) is 11.8 Å². The van der Waals surface area contributed by atoms with Crippen molar-refractivity contribution >= 4 is 17.5 Å². The summed E-state index contributed by atoms with van der Waals surface area (Å²) < 4.78 is 5.41. The van der Waals surface area contributed by atoms with Crippen molar-refractivity contribution in [2.45, 2.75) is 37.1 Å². The number of nitrogens with zero attached hydrogens (tertiary/aromatic N) is 1. The highest BCUT2D eigenvalue weighted by atomic mass is 32.2. The fourth-order valence-corrected chi connectivity index (χ4v) is 3.12. The van der Waals surface area contributed by atoms with Crippen LogP contribution in [-0.4, -0.2) is 49.3 Å². The summed E-state index contributed by atoms with van der Waals surface area (Å²) in [7, 11) is 0. The predicted molar refractivity (Wildman–Crippen MR) is 88.3 cm³/mol. The number of rotatable bonds is 7. The summed E-state index contributed by atoms with van der Waals surface area (Å²) in [4.78, 5) is 16.4. The van der Waals surface area contributed by atoms with Gasteiger partial charge in [-0.2, -0.15) is 0 Å². The van der Waals surface area contributed by atoms with Crippen LogP contribution in [0.5, 0.6) is 0 Å². The number of hydrogen-bond acceptors (Lipinski definition) is 4. The van der Waals surface area contributed by atoms with E-state index in [2.05, 4.69) is 18.1 Å². The Morgan fingerprint density at radius 2 is 1.95 bits per heavy atom. The Morgan fingerprint density at radius 1 is 1.29 bits per heavy atom. The van der Waals surface area contributed by atoms with Gasteiger partial charge in [-0.25, -0.2) is 0 Å². The summed E-state index contributed by atoms with van der Waals surface area (Å²) in [6.07, 6.45) is 5.21. The molecule has 1 aromatic carbocycles. The van der Waals surface area contributed by atoms with Crippen LogP contribution in [0.1, 0.15) is 36.5 Å². The number of hydrogen-bond donors (Lipinski definition) is 0. The van der Waals surface area contributed by atoms with Gasteiger partial charge < -0.3 is 4.74 Å². The number of benzene rings is 1. The topological polar surface area (TPSA) is 29.5 Å². The predicted octanol–water partition coefficient (Wildman–Crippen LogP) is 3.48. The third-order valence-corrected chi connectivity index (χ3v) is 4.74. The second kappa shape index (κ2) is 8.57. The minimum Gasteiger partial charge on any atom is -0.379 e. The van der Waals surface area contributed by atoms with Crippen molar-refractivity contribution < 1.29 is 9.53 Å². The molecule has 0 bridgehead atoms. The SMILES string of the molecule is CCCCC(C(=O)c1ccc(SC)cc1)N1CCOCC1. The third kappa shape index (κ3) is 4.56. The van der Waals surface area contributed by atoms with Gasteiger partial charge in [0, 0.05) is 23.5 Å². The third-order valence-electron chi connectivity index (χ3n) is 3.99. The van der Waals surface area contributed by atoms with Gasteiger partial charge in [0.05, 0.1) is 19.3 Å². The zero-order valence-electron chi connectivity index (χ0n) is 13.0. The zero-order valence-corrected chi connectivity index (χ0v) is 13.8. The number of carbonyl (C=O) groups is 1. The lowest BCUT2D eigenvalue weighted by Gasteiger charge is -2.33. The van der Waals surface area contributed by atoms with Crippen LogP contribution in [-0.2, 0) is 4.74 Å². The minimum atomic E-state index is 0.00831. The molecule has 0 amide bonds. The van der Waals surface area contributed by atoms with Crippen molar-refractivity contribution in [3.63, 3.8) is 0 Å². The monoisotopic (exact) mass is 307 g/mol. The molecular formula is C17H25NO2S. The van der Waals surface area contributed by atoms with Crippen LogP contribution in [0.2, 0.25) is 0 Å². The summed E-state index contributed by atoms with van der Waals surface area (Å²) >= 11 is 1.70. The van der Waals surface area contributed by atoms with E-state index in [1.54, 1.807) is 11.8 Å². The van der Waals surface area contributed by atoms with Crippen molar-refractivity contribution in [3.8, 4) is 0 Å². The highest BCUT2D eigenvalue weighted by Gasteiger charge is 2.27. The number of carbonyl (C=O) groups excluding carboxylic acids is 1. The molecular weight excluding hydrogens is 282 g/mol. The second-order valence-electron chi connectivity index (χ2n) is 5.40. The van der Waals surface area contributed by atoms with Gasteiger partial charge >= 0.3 is 0 Å². The summed E-state index contributed by atoms with van der Waals surface area (Å²) in [5, 5.41) is 0. The Hall–Kier alpha value is -0.840. The molecule has 4 heteroatoms. The van der Waals surface area contributed by atoms with Crippen LogP contribution in [0.25, 0.3) is 0 Å². The molecule has 1 unspecified atom stereocenters. The van der Waals surface area contributed by atoms with E-state index < -0.39 is 0 Å². The molecule has 0 spiro atoms. The molecule has 1 atom stereocenters. The zero-order chi connectivity index (χ0) is 15.1. The fourth-order valence-electron chi connectivity index (χ4n) is 2.71. The second-order valence-corrected chi connectivity index (χ2v) is 6.28. The normalized spacial score (nSPS) is 17.6. The number of ketones is 1. The summed E-state index contributed by atoms with van der Waals surface area (Å²) in [6.45, 7) is 5.38. The molecule has 3 nitrogen and oxygen atoms in total. The Balaban J connectivity index is 2.11. The molecule has 116 valence electrons. The summed E-state index contributed by atoms with van der Waals surface area (Å²) in [5.74, 6) is 0.262. The Bertz CT molecular complexity index is 441. The van der Waals surface area contributed by atoms with E-state index >= 15 is 0 Å². The molecule has 1 aromatic rings. The van der Waals surface area contributed by atoms with Crippen molar-refractivity contribution in [2.24, 2.45) is 0 Å². The first kappa shape index (κ1) is 16.5. The molecule has 0 radical (unpaired) electrons. The lowest BCUT2D eigenvalue weighted by Crippen LogP contribution is -2.47. The molecule has 0 saturated carbocycles. The highest BCUT2D eigenvalue weighted by molar-refractivity contribution is 7.98. The maximum atomic E-state index is 12.9. The van der Waals surface area contributed by atoms with E-state index in [-0.39, 0.29) is 11.8 Å². The van der Waals surface area contributed by atoms with Crippen LogP contribution < -0.4 is 0 Å². The van der Waals surface area contributed by atoms with E-state index in [9.17, 15) is 4.79 Å². The van der Waals surface area contributed by atoms with Gasteiger partial charge in [0.25, 0.3) is 0 Å². The fraction of sp³-hybridized carbons (Fsp3) is 0.588. The minimum absolute atomic E-state index is 0.00831. The molecule has 2 rings (SSSR count). The van der Waals surface area contributed by atoms with Gasteiger partial charge in [-0.3, -0.25) is 9.69 Å². The van der Waals surface area contributed by atoms with Crippen LogP contribution in [0, 0.1) is 0 Å². The molecule has 1 aliphatic heterocycles. The molecule has 1 saturated heterocycles. The largest absolute Gasteiger partial charge is 0.379 e. The van der Waals surface area contributed by atoms with Crippen LogP contribution in [0.3, 0.4) is 0 Å². The maximum absolute atomic E-state index is 12.9. The van der Waals surface area contributed by atoms with Gasteiger partial charge in [0.1, 0.15) is 0 Å². The maximum Gasteiger partial charge on any atom is 0.179 e. The average Bonchev–Trinajstić information content (AvgIpc) is 2.56. The van der Waals surface area contributed by atoms with Gasteiger partial charge in [-0.05, 0) is 24.8 Å². The number of ether oxygens (including phenoxy) is 1. The average molecular weight is 307 g/mol. The van der Waals surface area contributed by atoms with Gasteiger partial charge in [0.15, 0.2) is 5.78 Å². The smallest absolute Gasteiger partial charge is 0.179 e. The molecule has 1 aliphatic rings.